The van der Waals surface area contributed by atoms with Crippen molar-refractivity contribution in [1.82, 2.24) is 4.90 Å². The van der Waals surface area contributed by atoms with Crippen molar-refractivity contribution < 1.29 is 9.21 Å². The lowest BCUT2D eigenvalue weighted by Crippen LogP contribution is -2.31. The Bertz CT molecular complexity index is 357. The maximum atomic E-state index is 11.9. The minimum absolute atomic E-state index is 0.0446. The van der Waals surface area contributed by atoms with Crippen LogP contribution in [0.5, 0.6) is 0 Å². The number of furan rings is 1. The van der Waals surface area contributed by atoms with E-state index in [0.717, 1.165) is 5.76 Å². The van der Waals surface area contributed by atoms with E-state index in [2.05, 4.69) is 0 Å². The summed E-state index contributed by atoms with van der Waals surface area (Å²) < 4.78 is 5.31. The highest BCUT2D eigenvalue weighted by atomic mass is 35.5. The third kappa shape index (κ3) is 2.99. The number of alkyl halides is 1. The molecule has 0 aromatic carbocycles. The molecule has 0 saturated heterocycles. The van der Waals surface area contributed by atoms with Crippen molar-refractivity contribution in [3.63, 3.8) is 0 Å². The second-order valence-electron chi connectivity index (χ2n) is 3.79. The monoisotopic (exact) mass is 229 g/mol. The molecule has 0 aliphatic heterocycles. The molecule has 0 aliphatic carbocycles. The van der Waals surface area contributed by atoms with E-state index in [1.54, 1.807) is 24.9 Å². The van der Waals surface area contributed by atoms with Crippen LogP contribution in [0.25, 0.3) is 0 Å². The average molecular weight is 230 g/mol. The van der Waals surface area contributed by atoms with Gasteiger partial charge < -0.3 is 9.32 Å². The fourth-order valence-electron chi connectivity index (χ4n) is 1.51. The number of carbonyl (C=O) groups excluding carboxylic acids is 1. The Balaban J connectivity index is 2.80. The Morgan fingerprint density at radius 1 is 1.60 bits per heavy atom. The van der Waals surface area contributed by atoms with E-state index in [1.807, 2.05) is 13.8 Å². The van der Waals surface area contributed by atoms with Gasteiger partial charge in [-0.25, -0.2) is 0 Å². The zero-order valence-electron chi connectivity index (χ0n) is 9.50. The highest BCUT2D eigenvalue weighted by Crippen LogP contribution is 2.15. The van der Waals surface area contributed by atoms with Crippen LogP contribution in [0.4, 0.5) is 0 Å². The fourth-order valence-corrected chi connectivity index (χ4v) is 1.72. The molecule has 84 valence electrons. The lowest BCUT2D eigenvalue weighted by atomic mass is 10.2. The minimum Gasteiger partial charge on any atom is -0.466 e. The first-order chi connectivity index (χ1) is 6.91. The van der Waals surface area contributed by atoms with Gasteiger partial charge >= 0.3 is 0 Å². The van der Waals surface area contributed by atoms with Crippen molar-refractivity contribution in [2.75, 3.05) is 13.6 Å². The zero-order chi connectivity index (χ0) is 11.6. The molecule has 1 unspecified atom stereocenters. The third-order valence-electron chi connectivity index (χ3n) is 2.14. The van der Waals surface area contributed by atoms with Crippen LogP contribution in [-0.2, 0) is 0 Å². The largest absolute Gasteiger partial charge is 0.466 e. The summed E-state index contributed by atoms with van der Waals surface area (Å²) in [5.74, 6) is 1.37. The molecule has 1 aromatic heterocycles. The van der Waals surface area contributed by atoms with Crippen molar-refractivity contribution in [1.29, 1.82) is 0 Å². The molecule has 0 saturated carbocycles. The van der Waals surface area contributed by atoms with Crippen molar-refractivity contribution in [2.24, 2.45) is 0 Å². The Kier molecular flexibility index (Phi) is 3.80. The Morgan fingerprint density at radius 3 is 2.60 bits per heavy atom. The minimum atomic E-state index is -0.0488. The van der Waals surface area contributed by atoms with Crippen molar-refractivity contribution in [3.05, 3.63) is 23.2 Å². The molecule has 0 radical (unpaired) electrons. The summed E-state index contributed by atoms with van der Waals surface area (Å²) in [7, 11) is 1.74. The van der Waals surface area contributed by atoms with Crippen LogP contribution >= 0.6 is 11.6 Å². The molecule has 0 aliphatic rings. The van der Waals surface area contributed by atoms with Gasteiger partial charge in [0.15, 0.2) is 0 Å². The molecule has 1 heterocycles. The van der Waals surface area contributed by atoms with Crippen LogP contribution in [0.3, 0.4) is 0 Å². The van der Waals surface area contributed by atoms with Gasteiger partial charge in [0.25, 0.3) is 5.91 Å². The van der Waals surface area contributed by atoms with Gasteiger partial charge in [0, 0.05) is 19.0 Å². The first kappa shape index (κ1) is 12.1. The summed E-state index contributed by atoms with van der Waals surface area (Å²) in [6, 6.07) is 1.76. The van der Waals surface area contributed by atoms with E-state index in [1.165, 1.54) is 0 Å². The standard InChI is InChI=1S/C11H16ClNO2/c1-7(12)6-13(4)11(14)10-5-8(2)15-9(10)3/h5,7H,6H2,1-4H3. The summed E-state index contributed by atoms with van der Waals surface area (Å²) in [6.45, 7) is 6.01. The summed E-state index contributed by atoms with van der Waals surface area (Å²) in [5, 5.41) is -0.0488. The summed E-state index contributed by atoms with van der Waals surface area (Å²) in [5.41, 5.74) is 0.618. The molecule has 1 aromatic rings. The number of hydrogen-bond donors (Lipinski definition) is 0. The van der Waals surface area contributed by atoms with E-state index in [-0.39, 0.29) is 11.3 Å². The normalized spacial score (nSPS) is 12.6. The molecule has 15 heavy (non-hydrogen) atoms. The van der Waals surface area contributed by atoms with E-state index < -0.39 is 0 Å². The average Bonchev–Trinajstić information content (AvgIpc) is 2.42. The molecule has 0 fully saturated rings. The lowest BCUT2D eigenvalue weighted by Gasteiger charge is -2.17. The van der Waals surface area contributed by atoms with Gasteiger partial charge in [-0.15, -0.1) is 11.6 Å². The molecule has 0 bridgehead atoms. The number of nitrogens with zero attached hydrogens (tertiary/aromatic N) is 1. The van der Waals surface area contributed by atoms with Gasteiger partial charge in [0.1, 0.15) is 11.5 Å². The van der Waals surface area contributed by atoms with E-state index in [4.69, 9.17) is 16.0 Å². The smallest absolute Gasteiger partial charge is 0.257 e. The lowest BCUT2D eigenvalue weighted by molar-refractivity contribution is 0.0794. The van der Waals surface area contributed by atoms with Gasteiger partial charge in [-0.1, -0.05) is 0 Å². The van der Waals surface area contributed by atoms with Gasteiger partial charge in [0.05, 0.1) is 5.56 Å². The van der Waals surface area contributed by atoms with E-state index in [0.29, 0.717) is 17.9 Å². The number of amides is 1. The second-order valence-corrected chi connectivity index (χ2v) is 4.54. The number of halogens is 1. The van der Waals surface area contributed by atoms with Gasteiger partial charge in [-0.3, -0.25) is 4.79 Å². The van der Waals surface area contributed by atoms with Crippen LogP contribution in [0.2, 0.25) is 0 Å². The van der Waals surface area contributed by atoms with Crippen LogP contribution in [0, 0.1) is 13.8 Å². The summed E-state index contributed by atoms with van der Waals surface area (Å²) in [4.78, 5) is 13.5. The molecule has 0 N–H and O–H groups in total. The Morgan fingerprint density at radius 2 is 2.20 bits per heavy atom. The van der Waals surface area contributed by atoms with Gasteiger partial charge in [0.2, 0.25) is 0 Å². The Labute approximate surface area is 95.0 Å². The number of carbonyl (C=O) groups is 1. The Hall–Kier alpha value is -0.960. The fraction of sp³-hybridized carbons (Fsp3) is 0.545. The zero-order valence-corrected chi connectivity index (χ0v) is 10.3. The third-order valence-corrected chi connectivity index (χ3v) is 2.28. The van der Waals surface area contributed by atoms with Crippen molar-refractivity contribution in [2.45, 2.75) is 26.1 Å². The predicted molar refractivity (Wildman–Crippen MR) is 60.5 cm³/mol. The quantitative estimate of drug-likeness (QED) is 0.747. The molecular weight excluding hydrogens is 214 g/mol. The van der Waals surface area contributed by atoms with Crippen LogP contribution < -0.4 is 0 Å². The van der Waals surface area contributed by atoms with E-state index >= 15 is 0 Å². The first-order valence-electron chi connectivity index (χ1n) is 4.88. The van der Waals surface area contributed by atoms with Gasteiger partial charge in [-0.05, 0) is 26.8 Å². The summed E-state index contributed by atoms with van der Waals surface area (Å²) >= 11 is 5.83. The maximum absolute atomic E-state index is 11.9. The first-order valence-corrected chi connectivity index (χ1v) is 5.32. The highest BCUT2D eigenvalue weighted by molar-refractivity contribution is 6.20. The molecule has 1 rings (SSSR count). The molecular formula is C11H16ClNO2. The molecule has 1 atom stereocenters. The molecule has 1 amide bonds. The number of rotatable bonds is 3. The molecule has 3 nitrogen and oxygen atoms in total. The van der Waals surface area contributed by atoms with Crippen LogP contribution in [0.1, 0.15) is 28.8 Å². The van der Waals surface area contributed by atoms with Gasteiger partial charge in [-0.2, -0.15) is 0 Å². The molecule has 4 heteroatoms. The van der Waals surface area contributed by atoms with E-state index in [9.17, 15) is 4.79 Å². The van der Waals surface area contributed by atoms with Crippen molar-refractivity contribution in [3.8, 4) is 0 Å². The van der Waals surface area contributed by atoms with Crippen LogP contribution in [0.15, 0.2) is 10.5 Å². The topological polar surface area (TPSA) is 33.5 Å². The number of aryl methyl sites for hydroxylation is 2. The molecule has 0 spiro atoms. The highest BCUT2D eigenvalue weighted by Gasteiger charge is 2.18. The maximum Gasteiger partial charge on any atom is 0.257 e. The number of hydrogen-bond acceptors (Lipinski definition) is 2. The summed E-state index contributed by atoms with van der Waals surface area (Å²) in [6.07, 6.45) is 0. The predicted octanol–water partition coefficient (Wildman–Crippen LogP) is 2.60. The SMILES string of the molecule is Cc1cc(C(=O)N(C)CC(C)Cl)c(C)o1. The van der Waals surface area contributed by atoms with Crippen LogP contribution in [-0.4, -0.2) is 29.8 Å². The second kappa shape index (κ2) is 4.71. The van der Waals surface area contributed by atoms with Crippen molar-refractivity contribution >= 4 is 17.5 Å².